The maximum absolute atomic E-state index is 12.6. The highest BCUT2D eigenvalue weighted by Gasteiger charge is 2.41. The number of piperazine rings is 1. The van der Waals surface area contributed by atoms with Gasteiger partial charge in [-0.1, -0.05) is 20.3 Å². The summed E-state index contributed by atoms with van der Waals surface area (Å²) in [5.74, 6) is -0.0241. The van der Waals surface area contributed by atoms with Crippen LogP contribution in [-0.2, 0) is 14.3 Å². The predicted octanol–water partition coefficient (Wildman–Crippen LogP) is 1.71. The van der Waals surface area contributed by atoms with Crippen molar-refractivity contribution < 1.29 is 14.3 Å². The zero-order valence-electron chi connectivity index (χ0n) is 13.4. The Morgan fingerprint density at radius 3 is 2.40 bits per heavy atom. The zero-order valence-corrected chi connectivity index (χ0v) is 13.4. The minimum absolute atomic E-state index is 0.0195. The molecule has 0 aromatic heterocycles. The molecule has 0 aromatic carbocycles. The van der Waals surface area contributed by atoms with Gasteiger partial charge in [-0.2, -0.15) is 0 Å². The second-order valence-electron chi connectivity index (χ2n) is 5.93. The Bertz CT molecular complexity index is 355. The van der Waals surface area contributed by atoms with E-state index in [1.807, 2.05) is 34.6 Å². The predicted molar refractivity (Wildman–Crippen MR) is 78.3 cm³/mol. The van der Waals surface area contributed by atoms with Crippen LogP contribution in [-0.4, -0.2) is 47.6 Å². The van der Waals surface area contributed by atoms with Crippen LogP contribution in [0.2, 0.25) is 0 Å². The van der Waals surface area contributed by atoms with Crippen LogP contribution < -0.4 is 5.32 Å². The third kappa shape index (κ3) is 3.95. The average Bonchev–Trinajstić information content (AvgIpc) is 2.35. The van der Waals surface area contributed by atoms with Crippen molar-refractivity contribution in [1.82, 2.24) is 10.2 Å². The van der Waals surface area contributed by atoms with Crippen molar-refractivity contribution in [2.75, 3.05) is 13.2 Å². The Morgan fingerprint density at radius 1 is 1.25 bits per heavy atom. The van der Waals surface area contributed by atoms with Crippen molar-refractivity contribution in [3.8, 4) is 0 Å². The second-order valence-corrected chi connectivity index (χ2v) is 5.93. The minimum atomic E-state index is -0.438. The van der Waals surface area contributed by atoms with Gasteiger partial charge in [0, 0.05) is 6.61 Å². The fraction of sp³-hybridized carbons (Fsp3) is 0.867. The van der Waals surface area contributed by atoms with Gasteiger partial charge in [0.25, 0.3) is 0 Å². The summed E-state index contributed by atoms with van der Waals surface area (Å²) in [6.45, 7) is 10.8. The lowest BCUT2D eigenvalue weighted by Crippen LogP contribution is -2.65. The summed E-state index contributed by atoms with van der Waals surface area (Å²) in [6.07, 6.45) is 2.18. The van der Waals surface area contributed by atoms with E-state index in [1.54, 1.807) is 4.90 Å². The highest BCUT2D eigenvalue weighted by Crippen LogP contribution is 2.20. The minimum Gasteiger partial charge on any atom is -0.374 e. The molecule has 2 atom stereocenters. The molecule has 1 rings (SSSR count). The summed E-state index contributed by atoms with van der Waals surface area (Å²) >= 11 is 0. The lowest BCUT2D eigenvalue weighted by molar-refractivity contribution is -0.154. The molecule has 0 spiro atoms. The lowest BCUT2D eigenvalue weighted by Gasteiger charge is -2.42. The topological polar surface area (TPSA) is 58.6 Å². The summed E-state index contributed by atoms with van der Waals surface area (Å²) in [6, 6.07) is -0.761. The highest BCUT2D eigenvalue weighted by atomic mass is 16.5. The first-order valence-corrected chi connectivity index (χ1v) is 7.61. The first-order chi connectivity index (χ1) is 9.36. The molecule has 0 aromatic rings. The van der Waals surface area contributed by atoms with Crippen molar-refractivity contribution >= 4 is 11.8 Å². The summed E-state index contributed by atoms with van der Waals surface area (Å²) in [7, 11) is 0. The standard InChI is InChI=1S/C15H28N2O3/c1-6-9-11-14(19)17(10-15(4,5)20-8-3)12(7-2)13(18)16-11/h11-12H,6-10H2,1-5H3,(H,16,18). The molecule has 0 radical (unpaired) electrons. The molecule has 2 amide bonds. The van der Waals surface area contributed by atoms with Gasteiger partial charge in [-0.15, -0.1) is 0 Å². The number of ether oxygens (including phenoxy) is 1. The van der Waals surface area contributed by atoms with Gasteiger partial charge in [-0.05, 0) is 33.6 Å². The Morgan fingerprint density at radius 2 is 1.90 bits per heavy atom. The molecule has 0 saturated carbocycles. The Hall–Kier alpha value is -1.10. The number of hydrogen-bond donors (Lipinski definition) is 1. The van der Waals surface area contributed by atoms with Crippen LogP contribution in [0, 0.1) is 0 Å². The van der Waals surface area contributed by atoms with Crippen molar-refractivity contribution in [1.29, 1.82) is 0 Å². The summed E-state index contributed by atoms with van der Waals surface area (Å²) in [5.41, 5.74) is -0.438. The van der Waals surface area contributed by atoms with Crippen molar-refractivity contribution in [2.24, 2.45) is 0 Å². The molecule has 1 aliphatic rings. The Balaban J connectivity index is 2.90. The van der Waals surface area contributed by atoms with E-state index in [0.29, 0.717) is 26.0 Å². The number of rotatable bonds is 7. The number of hydrogen-bond acceptors (Lipinski definition) is 3. The van der Waals surface area contributed by atoms with E-state index in [1.165, 1.54) is 0 Å². The summed E-state index contributed by atoms with van der Waals surface area (Å²) in [4.78, 5) is 26.4. The van der Waals surface area contributed by atoms with Crippen LogP contribution in [0.3, 0.4) is 0 Å². The van der Waals surface area contributed by atoms with E-state index in [-0.39, 0.29) is 23.9 Å². The number of amides is 2. The van der Waals surface area contributed by atoms with Gasteiger partial charge >= 0.3 is 0 Å². The molecule has 1 aliphatic heterocycles. The third-order valence-electron chi connectivity index (χ3n) is 3.63. The zero-order chi connectivity index (χ0) is 15.3. The lowest BCUT2D eigenvalue weighted by atomic mass is 9.99. The fourth-order valence-electron chi connectivity index (χ4n) is 2.75. The molecular formula is C15H28N2O3. The van der Waals surface area contributed by atoms with Gasteiger partial charge in [0.2, 0.25) is 11.8 Å². The first kappa shape index (κ1) is 17.0. The van der Waals surface area contributed by atoms with Gasteiger partial charge in [-0.25, -0.2) is 0 Å². The Labute approximate surface area is 122 Å². The molecule has 5 nitrogen and oxygen atoms in total. The molecule has 1 heterocycles. The fourth-order valence-corrected chi connectivity index (χ4v) is 2.75. The van der Waals surface area contributed by atoms with Crippen molar-refractivity contribution in [3.05, 3.63) is 0 Å². The molecular weight excluding hydrogens is 256 g/mol. The van der Waals surface area contributed by atoms with Gasteiger partial charge < -0.3 is 15.0 Å². The highest BCUT2D eigenvalue weighted by molar-refractivity contribution is 5.96. The molecule has 0 bridgehead atoms. The van der Waals surface area contributed by atoms with E-state index in [2.05, 4.69) is 5.32 Å². The van der Waals surface area contributed by atoms with Crippen LogP contribution in [0.25, 0.3) is 0 Å². The van der Waals surface area contributed by atoms with Crippen LogP contribution in [0.1, 0.15) is 53.9 Å². The summed E-state index contributed by atoms with van der Waals surface area (Å²) < 4.78 is 5.68. The molecule has 5 heteroatoms. The van der Waals surface area contributed by atoms with E-state index in [9.17, 15) is 9.59 Å². The molecule has 1 fully saturated rings. The first-order valence-electron chi connectivity index (χ1n) is 7.61. The van der Waals surface area contributed by atoms with Gasteiger partial charge in [0.15, 0.2) is 0 Å². The molecule has 2 unspecified atom stereocenters. The van der Waals surface area contributed by atoms with E-state index in [0.717, 1.165) is 6.42 Å². The Kier molecular flexibility index (Phi) is 5.99. The number of nitrogens with zero attached hydrogens (tertiary/aromatic N) is 1. The van der Waals surface area contributed by atoms with Gasteiger partial charge in [0.05, 0.1) is 12.1 Å². The smallest absolute Gasteiger partial charge is 0.245 e. The maximum atomic E-state index is 12.6. The van der Waals surface area contributed by atoms with Crippen LogP contribution >= 0.6 is 0 Å². The van der Waals surface area contributed by atoms with Crippen LogP contribution in [0.15, 0.2) is 0 Å². The largest absolute Gasteiger partial charge is 0.374 e. The van der Waals surface area contributed by atoms with E-state index < -0.39 is 5.60 Å². The molecule has 0 aliphatic carbocycles. The van der Waals surface area contributed by atoms with Crippen LogP contribution in [0.4, 0.5) is 0 Å². The number of nitrogens with one attached hydrogen (secondary N) is 1. The van der Waals surface area contributed by atoms with Crippen LogP contribution in [0.5, 0.6) is 0 Å². The second kappa shape index (κ2) is 7.07. The average molecular weight is 284 g/mol. The van der Waals surface area contributed by atoms with E-state index >= 15 is 0 Å². The molecule has 116 valence electrons. The van der Waals surface area contributed by atoms with Gasteiger partial charge in [-0.3, -0.25) is 9.59 Å². The molecule has 1 saturated heterocycles. The quantitative estimate of drug-likeness (QED) is 0.774. The van der Waals surface area contributed by atoms with Gasteiger partial charge in [0.1, 0.15) is 12.1 Å². The third-order valence-corrected chi connectivity index (χ3v) is 3.63. The number of carbonyl (C=O) groups is 2. The maximum Gasteiger partial charge on any atom is 0.245 e. The SMILES string of the molecule is CCCC1NC(=O)C(CC)N(CC(C)(C)OCC)C1=O. The number of carbonyl (C=O) groups excluding carboxylic acids is 2. The van der Waals surface area contributed by atoms with Crippen molar-refractivity contribution in [2.45, 2.75) is 71.6 Å². The molecule has 1 N–H and O–H groups in total. The summed E-state index contributed by atoms with van der Waals surface area (Å²) in [5, 5.41) is 2.84. The van der Waals surface area contributed by atoms with Crippen molar-refractivity contribution in [3.63, 3.8) is 0 Å². The normalized spacial score (nSPS) is 23.9. The monoisotopic (exact) mass is 284 g/mol. The molecule has 20 heavy (non-hydrogen) atoms. The van der Waals surface area contributed by atoms with E-state index in [4.69, 9.17) is 4.74 Å².